The second kappa shape index (κ2) is 9.57. The number of aryl methyl sites for hydroxylation is 1. The number of amides is 1. The van der Waals surface area contributed by atoms with Crippen molar-refractivity contribution >= 4 is 39.0 Å². The number of carbonyl (C=O) groups excluding carboxylic acids is 1. The van der Waals surface area contributed by atoms with E-state index >= 15 is 0 Å². The van der Waals surface area contributed by atoms with Crippen molar-refractivity contribution in [2.24, 2.45) is 0 Å². The molecule has 0 radical (unpaired) electrons. The van der Waals surface area contributed by atoms with E-state index in [1.807, 2.05) is 127 Å². The fraction of sp³-hybridized carbons (Fsp3) is 0.0690. The summed E-state index contributed by atoms with van der Waals surface area (Å²) in [5.41, 5.74) is 4.56. The van der Waals surface area contributed by atoms with Crippen molar-refractivity contribution in [3.05, 3.63) is 136 Å². The quantitative estimate of drug-likeness (QED) is 0.281. The van der Waals surface area contributed by atoms with Gasteiger partial charge in [-0.05, 0) is 47.1 Å². The van der Waals surface area contributed by atoms with E-state index in [-0.39, 0.29) is 5.91 Å². The lowest BCUT2D eigenvalue weighted by atomic mass is 10.1. The normalized spacial score (nSPS) is 15.8. The molecule has 0 aliphatic carbocycles. The van der Waals surface area contributed by atoms with Gasteiger partial charge in [-0.1, -0.05) is 96.6 Å². The number of ether oxygens (including phenoxy) is 1. The number of hydrogen-bond donors (Lipinski definition) is 0. The smallest absolute Gasteiger partial charge is 0.287 e. The van der Waals surface area contributed by atoms with Gasteiger partial charge in [0.05, 0.1) is 11.4 Å². The molecule has 5 heteroatoms. The molecule has 0 spiro atoms. The number of anilines is 2. The number of hydrazine groups is 1. The zero-order valence-corrected chi connectivity index (χ0v) is 20.2. The van der Waals surface area contributed by atoms with Crippen LogP contribution in [0.4, 0.5) is 11.4 Å². The van der Waals surface area contributed by atoms with Gasteiger partial charge in [0.2, 0.25) is 6.23 Å². The first-order chi connectivity index (χ1) is 16.6. The Labute approximate surface area is 207 Å². The third-order valence-corrected chi connectivity index (χ3v) is 6.36. The standard InChI is InChI=1S/C29H23BrN2O2/c1-21-17-19-22(20-18-21)27-26(30)28(33)32(29(34-27)23-11-5-2-6-12-23)31(24-13-7-3-8-14-24)25-15-9-4-10-16-25/h2-20,29H,1H3/t29-/m1/s1. The summed E-state index contributed by atoms with van der Waals surface area (Å²) in [6, 6.07) is 37.5. The molecular weight excluding hydrogens is 488 g/mol. The average Bonchev–Trinajstić information content (AvgIpc) is 2.89. The number of benzene rings is 4. The minimum Gasteiger partial charge on any atom is -0.462 e. The van der Waals surface area contributed by atoms with Gasteiger partial charge in [0, 0.05) is 11.1 Å². The molecule has 0 fully saturated rings. The van der Waals surface area contributed by atoms with Gasteiger partial charge in [0.15, 0.2) is 0 Å². The van der Waals surface area contributed by atoms with Crippen LogP contribution in [-0.2, 0) is 9.53 Å². The molecule has 0 saturated heterocycles. The fourth-order valence-corrected chi connectivity index (χ4v) is 4.48. The maximum atomic E-state index is 14.0. The van der Waals surface area contributed by atoms with Crippen molar-refractivity contribution in [1.29, 1.82) is 0 Å². The largest absolute Gasteiger partial charge is 0.462 e. The molecule has 4 nitrogen and oxygen atoms in total. The summed E-state index contributed by atoms with van der Waals surface area (Å²) >= 11 is 3.57. The van der Waals surface area contributed by atoms with Crippen molar-refractivity contribution in [1.82, 2.24) is 5.01 Å². The zero-order valence-electron chi connectivity index (χ0n) is 18.6. The summed E-state index contributed by atoms with van der Waals surface area (Å²) < 4.78 is 6.99. The van der Waals surface area contributed by atoms with Gasteiger partial charge in [0.25, 0.3) is 5.91 Å². The fourth-order valence-electron chi connectivity index (χ4n) is 3.98. The first-order valence-corrected chi connectivity index (χ1v) is 11.8. The summed E-state index contributed by atoms with van der Waals surface area (Å²) in [6.07, 6.45) is -0.674. The highest BCUT2D eigenvalue weighted by atomic mass is 79.9. The predicted octanol–water partition coefficient (Wildman–Crippen LogP) is 7.37. The molecule has 4 aromatic rings. The summed E-state index contributed by atoms with van der Waals surface area (Å²) in [6.45, 7) is 2.03. The second-order valence-corrected chi connectivity index (χ2v) is 8.82. The second-order valence-electron chi connectivity index (χ2n) is 8.02. The molecule has 1 aliphatic rings. The zero-order chi connectivity index (χ0) is 23.5. The summed E-state index contributed by atoms with van der Waals surface area (Å²) in [5.74, 6) is 0.333. The lowest BCUT2D eigenvalue weighted by molar-refractivity contribution is -0.139. The Morgan fingerprint density at radius 2 is 1.24 bits per heavy atom. The van der Waals surface area contributed by atoms with Gasteiger partial charge in [0.1, 0.15) is 10.2 Å². The molecule has 1 aliphatic heterocycles. The Bertz CT molecular complexity index is 1270. The highest BCUT2D eigenvalue weighted by molar-refractivity contribution is 9.12. The third kappa shape index (κ3) is 4.22. The van der Waals surface area contributed by atoms with Crippen molar-refractivity contribution < 1.29 is 9.53 Å². The molecule has 0 N–H and O–H groups in total. The topological polar surface area (TPSA) is 32.8 Å². The maximum absolute atomic E-state index is 14.0. The van der Waals surface area contributed by atoms with Crippen LogP contribution >= 0.6 is 15.9 Å². The molecule has 0 bridgehead atoms. The van der Waals surface area contributed by atoms with Gasteiger partial charge >= 0.3 is 0 Å². The highest BCUT2D eigenvalue weighted by Gasteiger charge is 2.41. The maximum Gasteiger partial charge on any atom is 0.287 e. The van der Waals surface area contributed by atoms with E-state index in [2.05, 4.69) is 15.9 Å². The van der Waals surface area contributed by atoms with Gasteiger partial charge in [-0.2, -0.15) is 0 Å². The van der Waals surface area contributed by atoms with Crippen LogP contribution in [0.25, 0.3) is 5.76 Å². The Morgan fingerprint density at radius 3 is 1.76 bits per heavy atom. The lowest BCUT2D eigenvalue weighted by Gasteiger charge is -2.44. The van der Waals surface area contributed by atoms with E-state index in [0.29, 0.717) is 10.2 Å². The van der Waals surface area contributed by atoms with E-state index in [1.165, 1.54) is 0 Å². The van der Waals surface area contributed by atoms with Crippen molar-refractivity contribution in [3.63, 3.8) is 0 Å². The Balaban J connectivity index is 1.70. The van der Waals surface area contributed by atoms with Crippen LogP contribution in [0.2, 0.25) is 0 Å². The van der Waals surface area contributed by atoms with Gasteiger partial charge in [-0.3, -0.25) is 4.79 Å². The molecule has 1 amide bonds. The van der Waals surface area contributed by atoms with Gasteiger partial charge in [-0.15, -0.1) is 0 Å². The van der Waals surface area contributed by atoms with E-state index in [0.717, 1.165) is 28.1 Å². The Morgan fingerprint density at radius 1 is 0.735 bits per heavy atom. The number of para-hydroxylation sites is 2. The van der Waals surface area contributed by atoms with E-state index in [1.54, 1.807) is 5.01 Å². The van der Waals surface area contributed by atoms with Crippen molar-refractivity contribution in [2.45, 2.75) is 13.2 Å². The van der Waals surface area contributed by atoms with E-state index in [4.69, 9.17) is 4.74 Å². The lowest BCUT2D eigenvalue weighted by Crippen LogP contribution is -2.49. The minimum absolute atomic E-state index is 0.191. The average molecular weight is 511 g/mol. The van der Waals surface area contributed by atoms with Gasteiger partial charge < -0.3 is 4.74 Å². The SMILES string of the molecule is Cc1ccc(C2=C(Br)C(=O)N(N(c3ccccc3)c3ccccc3)[C@@H](c3ccccc3)O2)cc1. The molecule has 1 heterocycles. The number of nitrogens with zero attached hydrogens (tertiary/aromatic N) is 2. The van der Waals surface area contributed by atoms with Crippen LogP contribution in [0.15, 0.2) is 120 Å². The van der Waals surface area contributed by atoms with Crippen LogP contribution in [0.3, 0.4) is 0 Å². The highest BCUT2D eigenvalue weighted by Crippen LogP contribution is 2.43. The number of carbonyl (C=O) groups is 1. The predicted molar refractivity (Wildman–Crippen MR) is 139 cm³/mol. The van der Waals surface area contributed by atoms with Crippen molar-refractivity contribution in [2.75, 3.05) is 5.01 Å². The van der Waals surface area contributed by atoms with Crippen molar-refractivity contribution in [3.8, 4) is 0 Å². The molecule has 1 atom stereocenters. The third-order valence-electron chi connectivity index (χ3n) is 5.66. The van der Waals surface area contributed by atoms with Crippen LogP contribution in [0, 0.1) is 6.92 Å². The van der Waals surface area contributed by atoms with Crippen LogP contribution in [0.1, 0.15) is 22.9 Å². The molecule has 5 rings (SSSR count). The number of halogens is 1. The van der Waals surface area contributed by atoms with Gasteiger partial charge in [-0.25, -0.2) is 10.0 Å². The summed E-state index contributed by atoms with van der Waals surface area (Å²) in [4.78, 5) is 14.0. The molecule has 34 heavy (non-hydrogen) atoms. The Hall–Kier alpha value is -3.83. The molecule has 0 aromatic heterocycles. The van der Waals surface area contributed by atoms with Crippen LogP contribution < -0.4 is 5.01 Å². The van der Waals surface area contributed by atoms with E-state index < -0.39 is 6.23 Å². The molecule has 4 aromatic carbocycles. The van der Waals surface area contributed by atoms with Crippen LogP contribution in [0.5, 0.6) is 0 Å². The molecule has 0 saturated carbocycles. The molecule has 168 valence electrons. The molecule has 0 unspecified atom stereocenters. The number of hydrogen-bond acceptors (Lipinski definition) is 3. The Kier molecular flexibility index (Phi) is 6.19. The minimum atomic E-state index is -0.674. The molecular formula is C29H23BrN2O2. The summed E-state index contributed by atoms with van der Waals surface area (Å²) in [5, 5.41) is 3.58. The van der Waals surface area contributed by atoms with Crippen LogP contribution in [-0.4, -0.2) is 10.9 Å². The monoisotopic (exact) mass is 510 g/mol. The first-order valence-electron chi connectivity index (χ1n) is 11.1. The summed E-state index contributed by atoms with van der Waals surface area (Å²) in [7, 11) is 0. The van der Waals surface area contributed by atoms with E-state index in [9.17, 15) is 4.79 Å². The first kappa shape index (κ1) is 22.0. The number of rotatable bonds is 5.